The van der Waals surface area contributed by atoms with Gasteiger partial charge in [0.05, 0.1) is 0 Å². The number of carboxylic acid groups (broad SMARTS) is 1. The van der Waals surface area contributed by atoms with Crippen LogP contribution in [0.5, 0.6) is 0 Å². The molecule has 0 fully saturated rings. The van der Waals surface area contributed by atoms with Crippen LogP contribution >= 0.6 is 0 Å². The normalized spacial score (nSPS) is 10.5. The summed E-state index contributed by atoms with van der Waals surface area (Å²) in [6, 6.07) is 0.0844. The van der Waals surface area contributed by atoms with Gasteiger partial charge in [-0.15, -0.1) is 0 Å². The highest BCUT2D eigenvalue weighted by Crippen LogP contribution is 2.07. The smallest absolute Gasteiger partial charge is 0.326 e. The van der Waals surface area contributed by atoms with E-state index in [1.807, 2.05) is 0 Å². The summed E-state index contributed by atoms with van der Waals surface area (Å²) < 4.78 is 0. The van der Waals surface area contributed by atoms with Gasteiger partial charge in [-0.25, -0.2) is 0 Å². The third kappa shape index (κ3) is 5.85. The quantitative estimate of drug-likeness (QED) is 0.576. The van der Waals surface area contributed by atoms with Crippen LogP contribution in [0.1, 0.15) is 39.0 Å². The van der Waals surface area contributed by atoms with Crippen LogP contribution < -0.4 is 5.73 Å². The van der Waals surface area contributed by atoms with Crippen LogP contribution in [-0.2, 0) is 4.79 Å². The summed E-state index contributed by atoms with van der Waals surface area (Å²) in [5.74, 6) is -0.971. The Balaban J connectivity index is 3.17. The molecule has 3 heteroatoms. The molecule has 0 unspecified atom stereocenters. The Kier molecular flexibility index (Phi) is 5.84. The topological polar surface area (TPSA) is 63.3 Å². The highest BCUT2D eigenvalue weighted by Gasteiger charge is 2.10. The SMILES string of the molecule is CCCCCC[C](N)C(=O)O. The Labute approximate surface area is 67.6 Å². The van der Waals surface area contributed by atoms with Gasteiger partial charge in [-0.1, -0.05) is 32.6 Å². The Morgan fingerprint density at radius 3 is 2.45 bits per heavy atom. The number of unbranched alkanes of at least 4 members (excludes halogenated alkanes) is 3. The van der Waals surface area contributed by atoms with E-state index < -0.39 is 5.97 Å². The first kappa shape index (κ1) is 10.4. The highest BCUT2D eigenvalue weighted by molar-refractivity contribution is 5.81. The van der Waals surface area contributed by atoms with Crippen LogP contribution in [0, 0.1) is 6.04 Å². The fourth-order valence-electron chi connectivity index (χ4n) is 0.849. The molecule has 1 radical (unpaired) electrons. The molecular weight excluding hydrogens is 142 g/mol. The molecule has 0 bridgehead atoms. The van der Waals surface area contributed by atoms with Crippen molar-refractivity contribution in [2.45, 2.75) is 39.0 Å². The summed E-state index contributed by atoms with van der Waals surface area (Å²) in [5.41, 5.74) is 5.22. The molecule has 3 nitrogen and oxygen atoms in total. The van der Waals surface area contributed by atoms with E-state index in [9.17, 15) is 4.79 Å². The second-order valence-corrected chi connectivity index (χ2v) is 2.64. The third-order valence-electron chi connectivity index (χ3n) is 1.57. The second-order valence-electron chi connectivity index (χ2n) is 2.64. The molecule has 0 aliphatic heterocycles. The number of hydrogen-bond donors (Lipinski definition) is 2. The predicted octanol–water partition coefficient (Wildman–Crippen LogP) is 1.53. The molecule has 0 saturated carbocycles. The molecule has 11 heavy (non-hydrogen) atoms. The number of nitrogens with two attached hydrogens (primary N) is 1. The van der Waals surface area contributed by atoms with E-state index in [0.29, 0.717) is 6.42 Å². The van der Waals surface area contributed by atoms with Crippen LogP contribution in [0.2, 0.25) is 0 Å². The summed E-state index contributed by atoms with van der Waals surface area (Å²) >= 11 is 0. The van der Waals surface area contributed by atoms with Crippen molar-refractivity contribution in [2.24, 2.45) is 5.73 Å². The molecule has 3 N–H and O–H groups in total. The lowest BCUT2D eigenvalue weighted by Gasteiger charge is -2.03. The van der Waals surface area contributed by atoms with Crippen LogP contribution in [0.15, 0.2) is 0 Å². The third-order valence-corrected chi connectivity index (χ3v) is 1.57. The summed E-state index contributed by atoms with van der Waals surface area (Å²) in [4.78, 5) is 10.2. The zero-order valence-corrected chi connectivity index (χ0v) is 6.97. The molecule has 0 aromatic heterocycles. The Bertz CT molecular complexity index is 115. The van der Waals surface area contributed by atoms with Gasteiger partial charge in [0.25, 0.3) is 0 Å². The van der Waals surface area contributed by atoms with Crippen LogP contribution in [0.4, 0.5) is 0 Å². The number of hydrogen-bond acceptors (Lipinski definition) is 2. The van der Waals surface area contributed by atoms with Gasteiger partial charge in [0, 0.05) is 0 Å². The number of carboxylic acids is 1. The molecule has 0 saturated heterocycles. The largest absolute Gasteiger partial charge is 0.480 e. The van der Waals surface area contributed by atoms with Crippen LogP contribution in [-0.4, -0.2) is 11.1 Å². The molecule has 0 aliphatic carbocycles. The van der Waals surface area contributed by atoms with Crippen molar-refractivity contribution in [3.8, 4) is 0 Å². The zero-order valence-electron chi connectivity index (χ0n) is 6.97. The van der Waals surface area contributed by atoms with Gasteiger partial charge >= 0.3 is 5.97 Å². The van der Waals surface area contributed by atoms with E-state index in [0.717, 1.165) is 25.7 Å². The lowest BCUT2D eigenvalue weighted by atomic mass is 10.1. The summed E-state index contributed by atoms with van der Waals surface area (Å²) in [6.45, 7) is 2.12. The minimum Gasteiger partial charge on any atom is -0.480 e. The van der Waals surface area contributed by atoms with Crippen molar-refractivity contribution in [1.82, 2.24) is 0 Å². The highest BCUT2D eigenvalue weighted by atomic mass is 16.4. The van der Waals surface area contributed by atoms with Gasteiger partial charge in [0.15, 0.2) is 0 Å². The molecule has 0 atom stereocenters. The molecule has 0 heterocycles. The first-order valence-electron chi connectivity index (χ1n) is 4.03. The van der Waals surface area contributed by atoms with Crippen molar-refractivity contribution in [3.63, 3.8) is 0 Å². The van der Waals surface area contributed by atoms with Gasteiger partial charge in [0.2, 0.25) is 0 Å². The maximum atomic E-state index is 10.2. The van der Waals surface area contributed by atoms with E-state index in [1.54, 1.807) is 0 Å². The van der Waals surface area contributed by atoms with Gasteiger partial charge in [-0.05, 0) is 6.42 Å². The summed E-state index contributed by atoms with van der Waals surface area (Å²) in [6.07, 6.45) is 4.81. The van der Waals surface area contributed by atoms with Crippen molar-refractivity contribution in [3.05, 3.63) is 6.04 Å². The molecule has 65 valence electrons. The van der Waals surface area contributed by atoms with Crippen LogP contribution in [0.25, 0.3) is 0 Å². The fraction of sp³-hybridized carbons (Fsp3) is 0.750. The lowest BCUT2D eigenvalue weighted by Crippen LogP contribution is -2.20. The Morgan fingerprint density at radius 1 is 1.36 bits per heavy atom. The average Bonchev–Trinajstić information content (AvgIpc) is 1.97. The molecule has 0 rings (SSSR count). The number of aliphatic carboxylic acids is 1. The van der Waals surface area contributed by atoms with Crippen molar-refractivity contribution >= 4 is 5.97 Å². The minimum absolute atomic E-state index is 0.0844. The van der Waals surface area contributed by atoms with E-state index in [-0.39, 0.29) is 6.04 Å². The van der Waals surface area contributed by atoms with E-state index >= 15 is 0 Å². The van der Waals surface area contributed by atoms with E-state index in [4.69, 9.17) is 10.8 Å². The first-order valence-corrected chi connectivity index (χ1v) is 4.03. The van der Waals surface area contributed by atoms with Crippen molar-refractivity contribution < 1.29 is 9.90 Å². The van der Waals surface area contributed by atoms with Gasteiger partial charge < -0.3 is 10.8 Å². The number of carbonyl (C=O) groups is 1. The molecular formula is C8H16NO2. The van der Waals surface area contributed by atoms with E-state index in [1.165, 1.54) is 0 Å². The van der Waals surface area contributed by atoms with Crippen molar-refractivity contribution in [2.75, 3.05) is 0 Å². The molecule has 0 aromatic rings. The average molecular weight is 158 g/mol. The van der Waals surface area contributed by atoms with Gasteiger partial charge in [0.1, 0.15) is 6.04 Å². The first-order chi connectivity index (χ1) is 5.18. The summed E-state index contributed by atoms with van der Waals surface area (Å²) in [5, 5.41) is 8.38. The fourth-order valence-corrected chi connectivity index (χ4v) is 0.849. The Morgan fingerprint density at radius 2 is 2.00 bits per heavy atom. The second kappa shape index (κ2) is 6.16. The summed E-state index contributed by atoms with van der Waals surface area (Å²) in [7, 11) is 0. The predicted molar refractivity (Wildman–Crippen MR) is 43.8 cm³/mol. The van der Waals surface area contributed by atoms with Gasteiger partial charge in [-0.2, -0.15) is 0 Å². The minimum atomic E-state index is -0.971. The molecule has 0 aromatic carbocycles. The maximum absolute atomic E-state index is 10.2. The Hall–Kier alpha value is -0.570. The van der Waals surface area contributed by atoms with Gasteiger partial charge in [-0.3, -0.25) is 4.79 Å². The number of rotatable bonds is 6. The maximum Gasteiger partial charge on any atom is 0.326 e. The van der Waals surface area contributed by atoms with E-state index in [2.05, 4.69) is 6.92 Å². The zero-order chi connectivity index (χ0) is 8.69. The standard InChI is InChI=1S/C8H16NO2/c1-2-3-4-5-6-7(9)8(10)11/h2-6,9H2,1H3,(H,10,11). The van der Waals surface area contributed by atoms with Crippen molar-refractivity contribution in [1.29, 1.82) is 0 Å². The molecule has 0 amide bonds. The molecule has 0 spiro atoms. The monoisotopic (exact) mass is 158 g/mol. The molecule has 0 aliphatic rings. The van der Waals surface area contributed by atoms with Crippen LogP contribution in [0.3, 0.4) is 0 Å². The lowest BCUT2D eigenvalue weighted by molar-refractivity contribution is -0.135.